The first-order valence-electron chi connectivity index (χ1n) is 11.8. The third kappa shape index (κ3) is 9.31. The van der Waals surface area contributed by atoms with E-state index in [1.54, 1.807) is 0 Å². The number of hydrogen-bond donors (Lipinski definition) is 2. The lowest BCUT2D eigenvalue weighted by atomic mass is 10.0. The molecule has 0 saturated heterocycles. The van der Waals surface area contributed by atoms with Gasteiger partial charge in [0.2, 0.25) is 0 Å². The van der Waals surface area contributed by atoms with Crippen LogP contribution in [0.25, 0.3) is 5.57 Å². The lowest BCUT2D eigenvalue weighted by Gasteiger charge is -2.19. The van der Waals surface area contributed by atoms with E-state index in [0.29, 0.717) is 18.0 Å². The van der Waals surface area contributed by atoms with Crippen molar-refractivity contribution in [1.82, 2.24) is 10.6 Å². The van der Waals surface area contributed by atoms with Gasteiger partial charge >= 0.3 is 0 Å². The summed E-state index contributed by atoms with van der Waals surface area (Å²) in [6.45, 7) is 15.8. The van der Waals surface area contributed by atoms with Crippen molar-refractivity contribution >= 4 is 5.57 Å². The zero-order valence-electron chi connectivity index (χ0n) is 19.7. The van der Waals surface area contributed by atoms with Crippen LogP contribution in [0.5, 0.6) is 0 Å². The molecule has 2 N–H and O–H groups in total. The van der Waals surface area contributed by atoms with Crippen molar-refractivity contribution < 1.29 is 0 Å². The van der Waals surface area contributed by atoms with Crippen LogP contribution in [-0.4, -0.2) is 18.6 Å². The summed E-state index contributed by atoms with van der Waals surface area (Å²) >= 11 is 0. The maximum absolute atomic E-state index is 3.73. The van der Waals surface area contributed by atoms with Gasteiger partial charge in [-0.05, 0) is 74.0 Å². The average molecular weight is 397 g/mol. The van der Waals surface area contributed by atoms with Crippen molar-refractivity contribution in [3.05, 3.63) is 53.6 Å². The van der Waals surface area contributed by atoms with Crippen LogP contribution in [0.2, 0.25) is 0 Å². The monoisotopic (exact) mass is 396 g/mol. The summed E-state index contributed by atoms with van der Waals surface area (Å²) in [5.74, 6) is 2.13. The number of allylic oxidation sites excluding steroid dienone is 3. The van der Waals surface area contributed by atoms with Crippen LogP contribution in [-0.2, 0) is 6.54 Å². The molecule has 1 aliphatic carbocycles. The highest BCUT2D eigenvalue weighted by Crippen LogP contribution is 2.24. The zero-order valence-corrected chi connectivity index (χ0v) is 19.7. The van der Waals surface area contributed by atoms with Crippen molar-refractivity contribution in [2.75, 3.05) is 6.54 Å². The van der Waals surface area contributed by atoms with E-state index in [0.717, 1.165) is 31.3 Å². The highest BCUT2D eigenvalue weighted by molar-refractivity contribution is 5.74. The molecule has 1 aromatic carbocycles. The molecular weight excluding hydrogens is 352 g/mol. The molecule has 0 fully saturated rings. The molecule has 162 valence electrons. The number of nitrogens with one attached hydrogen (secondary N) is 2. The van der Waals surface area contributed by atoms with Crippen molar-refractivity contribution in [2.24, 2.45) is 17.8 Å². The smallest absolute Gasteiger partial charge is 0.0207 e. The quantitative estimate of drug-likeness (QED) is 0.441. The van der Waals surface area contributed by atoms with Gasteiger partial charge in [-0.15, -0.1) is 0 Å². The number of benzene rings is 1. The Balaban J connectivity index is 1.84. The second kappa shape index (κ2) is 12.3. The van der Waals surface area contributed by atoms with Crippen LogP contribution < -0.4 is 10.6 Å². The zero-order chi connectivity index (χ0) is 21.2. The van der Waals surface area contributed by atoms with E-state index in [1.165, 1.54) is 36.0 Å². The molecular formula is C27H44N2. The van der Waals surface area contributed by atoms with E-state index in [1.807, 2.05) is 0 Å². The predicted molar refractivity (Wildman–Crippen MR) is 129 cm³/mol. The Hall–Kier alpha value is -1.38. The van der Waals surface area contributed by atoms with Crippen molar-refractivity contribution in [3.8, 4) is 0 Å². The predicted octanol–water partition coefficient (Wildman–Crippen LogP) is 6.58. The minimum atomic E-state index is 0.566. The van der Waals surface area contributed by atoms with Crippen LogP contribution >= 0.6 is 0 Å². The van der Waals surface area contributed by atoms with Crippen LogP contribution in [0.4, 0.5) is 0 Å². The maximum Gasteiger partial charge on any atom is 0.0207 e. The molecule has 0 spiro atoms. The summed E-state index contributed by atoms with van der Waals surface area (Å²) in [7, 11) is 0. The molecule has 0 aliphatic heterocycles. The molecule has 29 heavy (non-hydrogen) atoms. The normalized spacial score (nSPS) is 19.3. The largest absolute Gasteiger partial charge is 0.314 e. The molecule has 1 aliphatic rings. The van der Waals surface area contributed by atoms with Crippen LogP contribution in [0.3, 0.4) is 0 Å². The topological polar surface area (TPSA) is 24.1 Å². The third-order valence-electron chi connectivity index (χ3n) is 5.77. The molecule has 3 unspecified atom stereocenters. The average Bonchev–Trinajstić information content (AvgIpc) is 2.90. The fraction of sp³-hybridized carbons (Fsp3) is 0.630. The molecule has 0 heterocycles. The fourth-order valence-corrected chi connectivity index (χ4v) is 4.28. The van der Waals surface area contributed by atoms with Crippen LogP contribution in [0.1, 0.15) is 78.4 Å². The Labute approximate surface area is 180 Å². The molecule has 2 rings (SSSR count). The third-order valence-corrected chi connectivity index (χ3v) is 5.77. The fourth-order valence-electron chi connectivity index (χ4n) is 4.28. The first-order chi connectivity index (χ1) is 13.8. The molecule has 0 bridgehead atoms. The van der Waals surface area contributed by atoms with Crippen LogP contribution in [0.15, 0.2) is 42.5 Å². The molecule has 0 saturated carbocycles. The van der Waals surface area contributed by atoms with E-state index in [4.69, 9.17) is 0 Å². The maximum atomic E-state index is 3.73. The second-order valence-electron chi connectivity index (χ2n) is 9.90. The number of rotatable bonds is 11. The molecule has 0 radical (unpaired) electrons. The van der Waals surface area contributed by atoms with Gasteiger partial charge in [0, 0.05) is 25.2 Å². The van der Waals surface area contributed by atoms with Gasteiger partial charge in [0.15, 0.2) is 0 Å². The first kappa shape index (κ1) is 23.9. The van der Waals surface area contributed by atoms with Gasteiger partial charge in [0.05, 0.1) is 0 Å². The number of hydrogen-bond acceptors (Lipinski definition) is 2. The van der Waals surface area contributed by atoms with E-state index in [-0.39, 0.29) is 0 Å². The Morgan fingerprint density at radius 2 is 1.48 bits per heavy atom. The lowest BCUT2D eigenvalue weighted by Crippen LogP contribution is -2.31. The van der Waals surface area contributed by atoms with Gasteiger partial charge in [-0.3, -0.25) is 0 Å². The van der Waals surface area contributed by atoms with E-state index >= 15 is 0 Å². The van der Waals surface area contributed by atoms with Gasteiger partial charge in [0.1, 0.15) is 0 Å². The first-order valence-corrected chi connectivity index (χ1v) is 11.8. The highest BCUT2D eigenvalue weighted by Gasteiger charge is 2.12. The molecule has 1 aromatic rings. The Morgan fingerprint density at radius 3 is 2.10 bits per heavy atom. The molecule has 0 amide bonds. The molecule has 0 aromatic heterocycles. The van der Waals surface area contributed by atoms with Gasteiger partial charge < -0.3 is 10.6 Å². The second-order valence-corrected chi connectivity index (χ2v) is 9.90. The SMILES string of the molecule is CC(C)CC(C)NCc1ccc(C2=CCCC(CNC(C)CC(C)C)C=C2)cc1. The summed E-state index contributed by atoms with van der Waals surface area (Å²) in [5.41, 5.74) is 4.07. The van der Waals surface area contributed by atoms with Crippen molar-refractivity contribution in [2.45, 2.75) is 85.9 Å². The molecule has 3 atom stereocenters. The Kier molecular flexibility index (Phi) is 10.2. The minimum Gasteiger partial charge on any atom is -0.314 e. The Morgan fingerprint density at radius 1 is 0.862 bits per heavy atom. The summed E-state index contributed by atoms with van der Waals surface area (Å²) < 4.78 is 0. The summed E-state index contributed by atoms with van der Waals surface area (Å²) in [6.07, 6.45) is 12.0. The van der Waals surface area contributed by atoms with E-state index in [9.17, 15) is 0 Å². The Bertz CT molecular complexity index is 639. The van der Waals surface area contributed by atoms with Crippen molar-refractivity contribution in [1.29, 1.82) is 0 Å². The van der Waals surface area contributed by atoms with Crippen molar-refractivity contribution in [3.63, 3.8) is 0 Å². The lowest BCUT2D eigenvalue weighted by molar-refractivity contribution is 0.413. The van der Waals surface area contributed by atoms with E-state index < -0.39 is 0 Å². The van der Waals surface area contributed by atoms with Crippen LogP contribution in [0, 0.1) is 17.8 Å². The highest BCUT2D eigenvalue weighted by atomic mass is 14.9. The summed E-state index contributed by atoms with van der Waals surface area (Å²) in [4.78, 5) is 0. The molecule has 2 heteroatoms. The van der Waals surface area contributed by atoms with E-state index in [2.05, 4.69) is 94.7 Å². The summed E-state index contributed by atoms with van der Waals surface area (Å²) in [6, 6.07) is 10.3. The van der Waals surface area contributed by atoms with Gasteiger partial charge in [-0.1, -0.05) is 70.2 Å². The van der Waals surface area contributed by atoms with Gasteiger partial charge in [-0.2, -0.15) is 0 Å². The minimum absolute atomic E-state index is 0.566. The van der Waals surface area contributed by atoms with Gasteiger partial charge in [-0.25, -0.2) is 0 Å². The summed E-state index contributed by atoms with van der Waals surface area (Å²) in [5, 5.41) is 7.37. The molecule has 2 nitrogen and oxygen atoms in total. The van der Waals surface area contributed by atoms with Gasteiger partial charge in [0.25, 0.3) is 0 Å². The standard InChI is InChI=1S/C27H44N2/c1-20(2)16-22(5)28-18-24-8-7-9-26(13-10-24)27-14-11-25(12-15-27)19-29-23(6)17-21(3)4/h9-15,20-24,28-29H,7-8,16-19H2,1-6H3.